The molecule has 0 saturated heterocycles. The van der Waals surface area contributed by atoms with Crippen LogP contribution in [0.2, 0.25) is 0 Å². The van der Waals surface area contributed by atoms with E-state index in [0.717, 1.165) is 28.1 Å². The summed E-state index contributed by atoms with van der Waals surface area (Å²) in [6.45, 7) is 4.19. The molecule has 0 bridgehead atoms. The highest BCUT2D eigenvalue weighted by Crippen LogP contribution is 2.20. The summed E-state index contributed by atoms with van der Waals surface area (Å²) in [7, 11) is 0. The first-order valence-electron chi connectivity index (χ1n) is 7.34. The van der Waals surface area contributed by atoms with Crippen molar-refractivity contribution in [2.24, 2.45) is 5.10 Å². The van der Waals surface area contributed by atoms with E-state index >= 15 is 0 Å². The van der Waals surface area contributed by atoms with E-state index in [-0.39, 0.29) is 5.56 Å². The molecule has 0 saturated carbocycles. The molecule has 112 valence electrons. The van der Waals surface area contributed by atoms with Crippen molar-refractivity contribution in [3.05, 3.63) is 63.0 Å². The fourth-order valence-electron chi connectivity index (χ4n) is 2.19. The van der Waals surface area contributed by atoms with Crippen molar-refractivity contribution in [2.75, 3.05) is 0 Å². The third kappa shape index (κ3) is 2.85. The fraction of sp³-hybridized carbons (Fsp3) is 0.235. The van der Waals surface area contributed by atoms with Gasteiger partial charge in [-0.25, -0.2) is 4.98 Å². The van der Waals surface area contributed by atoms with E-state index in [2.05, 4.69) is 36.1 Å². The molecular weight excluding hydrogens is 294 g/mol. The van der Waals surface area contributed by atoms with Gasteiger partial charge in [-0.05, 0) is 30.0 Å². The van der Waals surface area contributed by atoms with Crippen molar-refractivity contribution >= 4 is 27.8 Å². The average molecular weight is 311 g/mol. The molecule has 0 unspecified atom stereocenters. The van der Waals surface area contributed by atoms with Crippen molar-refractivity contribution in [2.45, 2.75) is 26.7 Å². The van der Waals surface area contributed by atoms with Crippen LogP contribution in [-0.2, 0) is 12.8 Å². The number of fused-ring (bicyclic) bond motifs is 1. The summed E-state index contributed by atoms with van der Waals surface area (Å²) in [6.07, 6.45) is 5.09. The second-order valence-corrected chi connectivity index (χ2v) is 6.13. The predicted molar refractivity (Wildman–Crippen MR) is 92.1 cm³/mol. The standard InChI is InChI=1S/C17H17N3OS/c1-3-12-5-7-13(8-6-12)10-19-20-11-18-16-15(17(20)21)9-14(4-2)22-16/h5-11H,3-4H2,1-2H3/b19-10-. The molecule has 0 N–H and O–H groups in total. The summed E-state index contributed by atoms with van der Waals surface area (Å²) in [5.74, 6) is 0. The van der Waals surface area contributed by atoms with Gasteiger partial charge in [-0.3, -0.25) is 4.79 Å². The number of rotatable bonds is 4. The number of hydrogen-bond donors (Lipinski definition) is 0. The van der Waals surface area contributed by atoms with Gasteiger partial charge < -0.3 is 0 Å². The molecule has 2 heterocycles. The highest BCUT2D eigenvalue weighted by atomic mass is 32.1. The maximum atomic E-state index is 12.4. The molecular formula is C17H17N3OS. The molecule has 22 heavy (non-hydrogen) atoms. The van der Waals surface area contributed by atoms with Crippen LogP contribution in [0.4, 0.5) is 0 Å². The third-order valence-electron chi connectivity index (χ3n) is 3.55. The van der Waals surface area contributed by atoms with Gasteiger partial charge in [0.15, 0.2) is 0 Å². The fourth-order valence-corrected chi connectivity index (χ4v) is 3.11. The van der Waals surface area contributed by atoms with Gasteiger partial charge in [0, 0.05) is 4.88 Å². The van der Waals surface area contributed by atoms with Gasteiger partial charge in [-0.2, -0.15) is 9.78 Å². The number of aryl methyl sites for hydroxylation is 2. The largest absolute Gasteiger partial charge is 0.282 e. The number of thiophene rings is 1. The van der Waals surface area contributed by atoms with Crippen LogP contribution in [0.1, 0.15) is 29.9 Å². The van der Waals surface area contributed by atoms with Gasteiger partial charge in [0.2, 0.25) is 0 Å². The Morgan fingerprint density at radius 2 is 2.00 bits per heavy atom. The Kier molecular flexibility index (Phi) is 4.15. The molecule has 1 aromatic carbocycles. The molecule has 4 nitrogen and oxygen atoms in total. The molecule has 5 heteroatoms. The number of hydrogen-bond acceptors (Lipinski definition) is 4. The Labute approximate surface area is 132 Å². The first-order chi connectivity index (χ1) is 10.7. The van der Waals surface area contributed by atoms with E-state index in [0.29, 0.717) is 5.39 Å². The van der Waals surface area contributed by atoms with Crippen LogP contribution in [0.15, 0.2) is 46.6 Å². The maximum Gasteiger partial charge on any atom is 0.282 e. The second kappa shape index (κ2) is 6.23. The van der Waals surface area contributed by atoms with E-state index in [9.17, 15) is 4.79 Å². The average Bonchev–Trinajstić information content (AvgIpc) is 2.99. The summed E-state index contributed by atoms with van der Waals surface area (Å²) < 4.78 is 1.29. The molecule has 0 aliphatic heterocycles. The number of benzene rings is 1. The minimum Gasteiger partial charge on any atom is -0.267 e. The second-order valence-electron chi connectivity index (χ2n) is 5.02. The van der Waals surface area contributed by atoms with E-state index in [4.69, 9.17) is 0 Å². The summed E-state index contributed by atoms with van der Waals surface area (Å²) in [5, 5.41) is 4.88. The van der Waals surface area contributed by atoms with Crippen molar-refractivity contribution in [1.29, 1.82) is 0 Å². The zero-order valence-electron chi connectivity index (χ0n) is 12.6. The van der Waals surface area contributed by atoms with Gasteiger partial charge in [-0.1, -0.05) is 38.1 Å². The lowest BCUT2D eigenvalue weighted by atomic mass is 10.1. The highest BCUT2D eigenvalue weighted by molar-refractivity contribution is 7.18. The Balaban J connectivity index is 1.94. The van der Waals surface area contributed by atoms with Gasteiger partial charge in [0.05, 0.1) is 11.6 Å². The van der Waals surface area contributed by atoms with E-state index in [1.54, 1.807) is 17.6 Å². The van der Waals surface area contributed by atoms with Crippen LogP contribution in [0.3, 0.4) is 0 Å². The van der Waals surface area contributed by atoms with Crippen molar-refractivity contribution in [3.8, 4) is 0 Å². The van der Waals surface area contributed by atoms with Crippen LogP contribution in [0.5, 0.6) is 0 Å². The number of aromatic nitrogens is 2. The van der Waals surface area contributed by atoms with E-state index in [1.807, 2.05) is 18.2 Å². The Hall–Kier alpha value is -2.27. The molecule has 0 radical (unpaired) electrons. The SMILES string of the molecule is CCc1ccc(/C=N\n2cnc3sc(CC)cc3c2=O)cc1. The maximum absolute atomic E-state index is 12.4. The summed E-state index contributed by atoms with van der Waals surface area (Å²) >= 11 is 1.56. The summed E-state index contributed by atoms with van der Waals surface area (Å²) in [6, 6.07) is 10.0. The molecule has 0 spiro atoms. The Morgan fingerprint density at radius 3 is 2.68 bits per heavy atom. The summed E-state index contributed by atoms with van der Waals surface area (Å²) in [5.41, 5.74) is 2.12. The minimum atomic E-state index is -0.123. The topological polar surface area (TPSA) is 47.2 Å². The zero-order chi connectivity index (χ0) is 15.5. The lowest BCUT2D eigenvalue weighted by Crippen LogP contribution is -2.16. The van der Waals surface area contributed by atoms with E-state index in [1.165, 1.54) is 16.6 Å². The molecule has 0 aliphatic rings. The van der Waals surface area contributed by atoms with E-state index < -0.39 is 0 Å². The first-order valence-corrected chi connectivity index (χ1v) is 8.16. The Morgan fingerprint density at radius 1 is 1.23 bits per heavy atom. The molecule has 2 aromatic heterocycles. The Bertz CT molecular complexity index is 875. The highest BCUT2D eigenvalue weighted by Gasteiger charge is 2.07. The number of nitrogens with zero attached hydrogens (tertiary/aromatic N) is 3. The van der Waals surface area contributed by atoms with Crippen molar-refractivity contribution < 1.29 is 0 Å². The first kappa shape index (κ1) is 14.7. The molecule has 0 atom stereocenters. The minimum absolute atomic E-state index is 0.123. The van der Waals surface area contributed by atoms with Crippen molar-refractivity contribution in [3.63, 3.8) is 0 Å². The normalized spacial score (nSPS) is 11.5. The van der Waals surface area contributed by atoms with Gasteiger partial charge >= 0.3 is 0 Å². The molecule has 3 aromatic rings. The van der Waals surface area contributed by atoms with Crippen molar-refractivity contribution in [1.82, 2.24) is 9.66 Å². The van der Waals surface area contributed by atoms with Crippen LogP contribution in [-0.4, -0.2) is 15.9 Å². The van der Waals surface area contributed by atoms with Crippen LogP contribution in [0.25, 0.3) is 10.2 Å². The zero-order valence-corrected chi connectivity index (χ0v) is 13.4. The molecule has 0 amide bonds. The predicted octanol–water partition coefficient (Wildman–Crippen LogP) is 3.47. The van der Waals surface area contributed by atoms with Gasteiger partial charge in [0.1, 0.15) is 11.2 Å². The van der Waals surface area contributed by atoms with Crippen LogP contribution >= 0.6 is 11.3 Å². The monoisotopic (exact) mass is 311 g/mol. The van der Waals surface area contributed by atoms with Crippen LogP contribution in [0, 0.1) is 0 Å². The quantitative estimate of drug-likeness (QED) is 0.693. The molecule has 0 aliphatic carbocycles. The smallest absolute Gasteiger partial charge is 0.267 e. The molecule has 3 rings (SSSR count). The van der Waals surface area contributed by atoms with Gasteiger partial charge in [-0.15, -0.1) is 11.3 Å². The summed E-state index contributed by atoms with van der Waals surface area (Å²) in [4.78, 5) is 18.7. The lowest BCUT2D eigenvalue weighted by Gasteiger charge is -1.99. The third-order valence-corrected chi connectivity index (χ3v) is 4.74. The van der Waals surface area contributed by atoms with Crippen LogP contribution < -0.4 is 5.56 Å². The molecule has 0 fully saturated rings. The lowest BCUT2D eigenvalue weighted by molar-refractivity contribution is 0.818. The van der Waals surface area contributed by atoms with Gasteiger partial charge in [0.25, 0.3) is 5.56 Å².